The van der Waals surface area contributed by atoms with E-state index in [2.05, 4.69) is 12.2 Å². The normalized spacial score (nSPS) is 9.64. The number of rotatable bonds is 5. The summed E-state index contributed by atoms with van der Waals surface area (Å²) in [6, 6.07) is 0. The molecule has 0 aromatic carbocycles. The molecule has 66 valence electrons. The fourth-order valence-corrected chi connectivity index (χ4v) is 1.69. The van der Waals surface area contributed by atoms with Crippen molar-refractivity contribution in [1.29, 1.82) is 0 Å². The Morgan fingerprint density at radius 3 is 2.64 bits per heavy atom. The first-order valence-corrected chi connectivity index (χ1v) is 5.55. The van der Waals surface area contributed by atoms with Gasteiger partial charge in [-0.2, -0.15) is 0 Å². The quantitative estimate of drug-likeness (QED) is 0.530. The van der Waals surface area contributed by atoms with Crippen LogP contribution in [0.2, 0.25) is 0 Å². The predicted molar refractivity (Wildman–Crippen MR) is 58.3 cm³/mol. The van der Waals surface area contributed by atoms with Crippen LogP contribution in [0.15, 0.2) is 0 Å². The van der Waals surface area contributed by atoms with E-state index in [0.717, 1.165) is 4.32 Å². The van der Waals surface area contributed by atoms with Gasteiger partial charge >= 0.3 is 0 Å². The Bertz CT molecular complexity index is 104. The van der Waals surface area contributed by atoms with Gasteiger partial charge in [0, 0.05) is 12.8 Å². The van der Waals surface area contributed by atoms with Crippen molar-refractivity contribution in [3.05, 3.63) is 0 Å². The van der Waals surface area contributed by atoms with E-state index in [-0.39, 0.29) is 0 Å². The molecule has 0 saturated heterocycles. The third-order valence-electron chi connectivity index (χ3n) is 1.44. The summed E-state index contributed by atoms with van der Waals surface area (Å²) in [5.74, 6) is 1.17. The maximum atomic E-state index is 4.99. The first-order chi connectivity index (χ1) is 5.31. The smallest absolute Gasteiger partial charge is 0.133 e. The van der Waals surface area contributed by atoms with Crippen molar-refractivity contribution in [1.82, 2.24) is 5.32 Å². The minimum atomic E-state index is 0.918. The van der Waals surface area contributed by atoms with E-state index in [1.165, 1.54) is 31.4 Å². The van der Waals surface area contributed by atoms with E-state index in [9.17, 15) is 0 Å². The summed E-state index contributed by atoms with van der Waals surface area (Å²) < 4.78 is 0.918. The molecule has 0 aliphatic carbocycles. The summed E-state index contributed by atoms with van der Waals surface area (Å²) in [4.78, 5) is 0. The predicted octanol–water partition coefficient (Wildman–Crippen LogP) is 2.80. The molecule has 1 nitrogen and oxygen atoms in total. The lowest BCUT2D eigenvalue weighted by atomic mass is 10.2. The van der Waals surface area contributed by atoms with Crippen LogP contribution < -0.4 is 5.32 Å². The molecule has 0 rings (SSSR count). The van der Waals surface area contributed by atoms with E-state index >= 15 is 0 Å². The molecule has 0 fully saturated rings. The van der Waals surface area contributed by atoms with Crippen LogP contribution in [-0.4, -0.2) is 17.1 Å². The monoisotopic (exact) mass is 191 g/mol. The number of unbranched alkanes of at least 4 members (excludes halogenated alkanes) is 3. The van der Waals surface area contributed by atoms with Gasteiger partial charge in [-0.1, -0.05) is 50.2 Å². The summed E-state index contributed by atoms with van der Waals surface area (Å²) in [7, 11) is 1.88. The molecular formula is C8H17NS2. The van der Waals surface area contributed by atoms with E-state index < -0.39 is 0 Å². The molecule has 0 atom stereocenters. The molecule has 0 amide bonds. The topological polar surface area (TPSA) is 12.0 Å². The minimum Gasteiger partial charge on any atom is -0.374 e. The van der Waals surface area contributed by atoms with Gasteiger partial charge in [-0.05, 0) is 6.42 Å². The van der Waals surface area contributed by atoms with Crippen LogP contribution in [0.1, 0.15) is 32.6 Å². The molecular weight excluding hydrogens is 174 g/mol. The molecule has 0 radical (unpaired) electrons. The minimum absolute atomic E-state index is 0.918. The molecule has 0 bridgehead atoms. The molecule has 3 heteroatoms. The van der Waals surface area contributed by atoms with Gasteiger partial charge in [0.2, 0.25) is 0 Å². The van der Waals surface area contributed by atoms with Gasteiger partial charge in [0.05, 0.1) is 0 Å². The van der Waals surface area contributed by atoms with Crippen LogP contribution in [0.4, 0.5) is 0 Å². The Hall–Kier alpha value is 0.240. The second-order valence-corrected chi connectivity index (χ2v) is 4.22. The molecule has 0 spiro atoms. The lowest BCUT2D eigenvalue weighted by Gasteiger charge is -2.01. The maximum Gasteiger partial charge on any atom is 0.133 e. The SMILES string of the molecule is CCCCCCSC(=S)NC. The molecule has 1 N–H and O–H groups in total. The molecule has 0 heterocycles. The zero-order valence-corrected chi connectivity index (χ0v) is 8.99. The zero-order valence-electron chi connectivity index (χ0n) is 7.35. The van der Waals surface area contributed by atoms with Crippen LogP contribution in [-0.2, 0) is 0 Å². The number of hydrogen-bond acceptors (Lipinski definition) is 2. The number of thiocarbonyl (C=S) groups is 1. The lowest BCUT2D eigenvalue weighted by Crippen LogP contribution is -2.11. The number of nitrogens with one attached hydrogen (secondary N) is 1. The molecule has 0 saturated carbocycles. The largest absolute Gasteiger partial charge is 0.374 e. The standard InChI is InChI=1S/C8H17NS2/c1-3-4-5-6-7-11-8(10)9-2/h3-7H2,1-2H3,(H,9,10). The third-order valence-corrected chi connectivity index (χ3v) is 2.95. The van der Waals surface area contributed by atoms with Crippen LogP contribution in [0.5, 0.6) is 0 Å². The van der Waals surface area contributed by atoms with E-state index in [4.69, 9.17) is 12.2 Å². The first kappa shape index (κ1) is 11.2. The Morgan fingerprint density at radius 1 is 1.36 bits per heavy atom. The molecule has 0 aromatic heterocycles. The lowest BCUT2D eigenvalue weighted by molar-refractivity contribution is 0.707. The van der Waals surface area contributed by atoms with Crippen molar-refractivity contribution in [3.63, 3.8) is 0 Å². The first-order valence-electron chi connectivity index (χ1n) is 4.15. The number of hydrogen-bond donors (Lipinski definition) is 1. The maximum absolute atomic E-state index is 4.99. The summed E-state index contributed by atoms with van der Waals surface area (Å²) in [5.41, 5.74) is 0. The Kier molecular flexibility index (Phi) is 8.52. The van der Waals surface area contributed by atoms with E-state index in [1.54, 1.807) is 11.8 Å². The highest BCUT2D eigenvalue weighted by Gasteiger charge is 1.92. The summed E-state index contributed by atoms with van der Waals surface area (Å²) >= 11 is 6.73. The van der Waals surface area contributed by atoms with Gasteiger partial charge in [-0.25, -0.2) is 0 Å². The average molecular weight is 191 g/mol. The summed E-state index contributed by atoms with van der Waals surface area (Å²) in [6.07, 6.45) is 5.30. The second kappa shape index (κ2) is 8.34. The van der Waals surface area contributed by atoms with Crippen LogP contribution in [0.25, 0.3) is 0 Å². The molecule has 0 unspecified atom stereocenters. The van der Waals surface area contributed by atoms with E-state index in [0.29, 0.717) is 0 Å². The fourth-order valence-electron chi connectivity index (χ4n) is 0.766. The number of thioether (sulfide) groups is 1. The summed E-state index contributed by atoms with van der Waals surface area (Å²) in [5, 5.41) is 2.95. The molecule has 0 aromatic rings. The van der Waals surface area contributed by atoms with Crippen molar-refractivity contribution < 1.29 is 0 Å². The van der Waals surface area contributed by atoms with Crippen LogP contribution >= 0.6 is 24.0 Å². The zero-order chi connectivity index (χ0) is 8.53. The van der Waals surface area contributed by atoms with Gasteiger partial charge in [0.15, 0.2) is 0 Å². The van der Waals surface area contributed by atoms with Gasteiger partial charge in [0.1, 0.15) is 4.32 Å². The van der Waals surface area contributed by atoms with Crippen LogP contribution in [0, 0.1) is 0 Å². The van der Waals surface area contributed by atoms with E-state index in [1.807, 2.05) is 7.05 Å². The Morgan fingerprint density at radius 2 is 2.09 bits per heavy atom. The van der Waals surface area contributed by atoms with Crippen molar-refractivity contribution >= 4 is 28.3 Å². The Balaban J connectivity index is 2.95. The fraction of sp³-hybridized carbons (Fsp3) is 0.875. The molecule has 0 aliphatic heterocycles. The summed E-state index contributed by atoms with van der Waals surface area (Å²) in [6.45, 7) is 2.23. The average Bonchev–Trinajstić information content (AvgIpc) is 2.04. The third kappa shape index (κ3) is 8.14. The highest BCUT2D eigenvalue weighted by Crippen LogP contribution is 2.07. The molecule has 0 aliphatic rings. The van der Waals surface area contributed by atoms with Gasteiger partial charge in [-0.15, -0.1) is 0 Å². The van der Waals surface area contributed by atoms with Crippen molar-refractivity contribution in [2.24, 2.45) is 0 Å². The highest BCUT2D eigenvalue weighted by molar-refractivity contribution is 8.22. The Labute approximate surface area is 79.3 Å². The van der Waals surface area contributed by atoms with Crippen LogP contribution in [0.3, 0.4) is 0 Å². The van der Waals surface area contributed by atoms with Crippen molar-refractivity contribution in [2.75, 3.05) is 12.8 Å². The van der Waals surface area contributed by atoms with Gasteiger partial charge in [0.25, 0.3) is 0 Å². The second-order valence-electron chi connectivity index (χ2n) is 2.45. The molecule has 11 heavy (non-hydrogen) atoms. The highest BCUT2D eigenvalue weighted by atomic mass is 32.2. The van der Waals surface area contributed by atoms with Gasteiger partial charge in [-0.3, -0.25) is 0 Å². The van der Waals surface area contributed by atoms with Gasteiger partial charge < -0.3 is 5.32 Å². The van der Waals surface area contributed by atoms with Crippen molar-refractivity contribution in [3.8, 4) is 0 Å². The van der Waals surface area contributed by atoms with Crippen molar-refractivity contribution in [2.45, 2.75) is 32.6 Å².